The molecule has 44 heavy (non-hydrogen) atoms. The SMILES string of the molecule is Cc1ccc(S(=O)(=O)N(C)C[C@@H]2Oc3ccc(NC(=O)Nc4ccc5c(c4)OCO5)cc3C(=O)N([C@H](C)CO)C[C@H]2C)cc1. The van der Waals surface area contributed by atoms with Crippen LogP contribution in [0.3, 0.4) is 0 Å². The molecular weight excluding hydrogens is 588 g/mol. The number of benzene rings is 3. The number of aryl methyl sites for hydroxylation is 1. The molecule has 2 heterocycles. The number of ether oxygens (including phenoxy) is 3. The summed E-state index contributed by atoms with van der Waals surface area (Å²) >= 11 is 0. The van der Waals surface area contributed by atoms with Gasteiger partial charge in [-0.25, -0.2) is 13.2 Å². The van der Waals surface area contributed by atoms with Crippen LogP contribution in [0.1, 0.15) is 29.8 Å². The van der Waals surface area contributed by atoms with Crippen molar-refractivity contribution in [2.75, 3.05) is 44.2 Å². The number of amides is 3. The molecule has 3 N–H and O–H groups in total. The first-order chi connectivity index (χ1) is 21.0. The van der Waals surface area contributed by atoms with Crippen LogP contribution in [0.15, 0.2) is 65.6 Å². The first-order valence-corrected chi connectivity index (χ1v) is 15.6. The van der Waals surface area contributed by atoms with Crippen molar-refractivity contribution in [2.45, 2.75) is 37.8 Å². The third kappa shape index (κ3) is 6.59. The van der Waals surface area contributed by atoms with E-state index in [1.54, 1.807) is 66.4 Å². The molecule has 0 radical (unpaired) electrons. The largest absolute Gasteiger partial charge is 0.488 e. The van der Waals surface area contributed by atoms with Gasteiger partial charge in [-0.2, -0.15) is 4.31 Å². The lowest BCUT2D eigenvalue weighted by Crippen LogP contribution is -2.50. The second-order valence-electron chi connectivity index (χ2n) is 11.1. The fraction of sp³-hybridized carbons (Fsp3) is 0.355. The van der Waals surface area contributed by atoms with Gasteiger partial charge in [0.2, 0.25) is 16.8 Å². The van der Waals surface area contributed by atoms with E-state index >= 15 is 0 Å². The van der Waals surface area contributed by atoms with Gasteiger partial charge in [0.1, 0.15) is 11.9 Å². The summed E-state index contributed by atoms with van der Waals surface area (Å²) in [7, 11) is -2.31. The molecular formula is C31H36N4O8S. The van der Waals surface area contributed by atoms with E-state index in [-0.39, 0.29) is 54.5 Å². The zero-order valence-electron chi connectivity index (χ0n) is 24.9. The number of carbonyl (C=O) groups is 2. The van der Waals surface area contributed by atoms with Crippen LogP contribution in [-0.2, 0) is 10.0 Å². The molecule has 2 aliphatic rings. The lowest BCUT2D eigenvalue weighted by Gasteiger charge is -2.38. The Labute approximate surface area is 256 Å². The van der Waals surface area contributed by atoms with Crippen LogP contribution in [0.25, 0.3) is 0 Å². The molecule has 0 fully saturated rings. The third-order valence-electron chi connectivity index (χ3n) is 7.72. The average molecular weight is 625 g/mol. The number of rotatable bonds is 8. The van der Waals surface area contributed by atoms with Crippen molar-refractivity contribution >= 4 is 33.3 Å². The van der Waals surface area contributed by atoms with E-state index in [9.17, 15) is 23.1 Å². The van der Waals surface area contributed by atoms with Gasteiger partial charge in [-0.3, -0.25) is 4.79 Å². The molecule has 5 rings (SSSR count). The van der Waals surface area contributed by atoms with Gasteiger partial charge in [0, 0.05) is 37.0 Å². The normalized spacial score (nSPS) is 18.6. The summed E-state index contributed by atoms with van der Waals surface area (Å²) in [5.74, 6) is 0.675. The number of carbonyl (C=O) groups excluding carboxylic acids is 2. The van der Waals surface area contributed by atoms with Gasteiger partial charge in [-0.05, 0) is 56.3 Å². The molecule has 234 valence electrons. The fourth-order valence-corrected chi connectivity index (χ4v) is 6.21. The topological polar surface area (TPSA) is 147 Å². The summed E-state index contributed by atoms with van der Waals surface area (Å²) in [5.41, 5.74) is 1.94. The molecule has 0 aliphatic carbocycles. The summed E-state index contributed by atoms with van der Waals surface area (Å²) in [5, 5.41) is 15.4. The first-order valence-electron chi connectivity index (χ1n) is 14.2. The van der Waals surface area contributed by atoms with Gasteiger partial charge in [0.05, 0.1) is 29.7 Å². The molecule has 0 bridgehead atoms. The minimum Gasteiger partial charge on any atom is -0.488 e. The van der Waals surface area contributed by atoms with Crippen LogP contribution >= 0.6 is 0 Å². The van der Waals surface area contributed by atoms with E-state index in [1.807, 2.05) is 13.8 Å². The summed E-state index contributed by atoms with van der Waals surface area (Å²) < 4.78 is 44.9. The van der Waals surface area contributed by atoms with Crippen LogP contribution in [0.4, 0.5) is 16.2 Å². The molecule has 0 saturated heterocycles. The highest BCUT2D eigenvalue weighted by Crippen LogP contribution is 2.35. The first kappa shape index (κ1) is 31.1. The van der Waals surface area contributed by atoms with Crippen molar-refractivity contribution in [1.82, 2.24) is 9.21 Å². The van der Waals surface area contributed by atoms with Gasteiger partial charge < -0.3 is 34.9 Å². The number of hydrogen-bond acceptors (Lipinski definition) is 8. The molecule has 3 aromatic rings. The number of urea groups is 1. The van der Waals surface area contributed by atoms with E-state index in [4.69, 9.17) is 14.2 Å². The maximum absolute atomic E-state index is 13.7. The number of sulfonamides is 1. The number of fused-ring (bicyclic) bond motifs is 2. The van der Waals surface area contributed by atoms with Crippen molar-refractivity contribution in [2.24, 2.45) is 5.92 Å². The fourth-order valence-electron chi connectivity index (χ4n) is 5.03. The number of nitrogens with zero attached hydrogens (tertiary/aromatic N) is 2. The predicted molar refractivity (Wildman–Crippen MR) is 164 cm³/mol. The molecule has 0 spiro atoms. The second-order valence-corrected chi connectivity index (χ2v) is 13.1. The van der Waals surface area contributed by atoms with E-state index in [1.165, 1.54) is 17.4 Å². The molecule has 0 saturated carbocycles. The summed E-state index contributed by atoms with van der Waals surface area (Å²) in [6.07, 6.45) is -0.631. The van der Waals surface area contributed by atoms with Crippen molar-refractivity contribution in [3.05, 3.63) is 71.8 Å². The van der Waals surface area contributed by atoms with E-state index < -0.39 is 28.2 Å². The zero-order valence-corrected chi connectivity index (χ0v) is 25.8. The zero-order chi connectivity index (χ0) is 31.6. The minimum absolute atomic E-state index is 0.0181. The summed E-state index contributed by atoms with van der Waals surface area (Å²) in [4.78, 5) is 28.3. The summed E-state index contributed by atoms with van der Waals surface area (Å²) in [6.45, 7) is 5.57. The predicted octanol–water partition coefficient (Wildman–Crippen LogP) is 3.91. The molecule has 0 aromatic heterocycles. The van der Waals surface area contributed by atoms with E-state index in [0.29, 0.717) is 22.9 Å². The Morgan fingerprint density at radius 3 is 2.34 bits per heavy atom. The number of nitrogens with one attached hydrogen (secondary N) is 2. The van der Waals surface area contributed by atoms with Crippen LogP contribution in [-0.4, -0.2) is 80.4 Å². The minimum atomic E-state index is -3.81. The Bertz CT molecular complexity index is 1650. The van der Waals surface area contributed by atoms with Gasteiger partial charge >= 0.3 is 6.03 Å². The number of likely N-dealkylation sites (N-methyl/N-ethyl adjacent to an activating group) is 1. The third-order valence-corrected chi connectivity index (χ3v) is 9.56. The van der Waals surface area contributed by atoms with Gasteiger partial charge in [0.15, 0.2) is 11.5 Å². The van der Waals surface area contributed by atoms with Crippen molar-refractivity contribution < 1.29 is 37.3 Å². The molecule has 12 nitrogen and oxygen atoms in total. The lowest BCUT2D eigenvalue weighted by atomic mass is 9.99. The lowest BCUT2D eigenvalue weighted by molar-refractivity contribution is 0.0387. The number of anilines is 2. The smallest absolute Gasteiger partial charge is 0.323 e. The highest BCUT2D eigenvalue weighted by molar-refractivity contribution is 7.89. The molecule has 3 amide bonds. The van der Waals surface area contributed by atoms with Crippen molar-refractivity contribution in [3.8, 4) is 17.2 Å². The van der Waals surface area contributed by atoms with Crippen molar-refractivity contribution in [3.63, 3.8) is 0 Å². The van der Waals surface area contributed by atoms with Crippen LogP contribution in [0.2, 0.25) is 0 Å². The quantitative estimate of drug-likeness (QED) is 0.342. The second kappa shape index (κ2) is 12.7. The van der Waals surface area contributed by atoms with Crippen molar-refractivity contribution in [1.29, 1.82) is 0 Å². The van der Waals surface area contributed by atoms with E-state index in [2.05, 4.69) is 10.6 Å². The number of hydrogen-bond donors (Lipinski definition) is 3. The van der Waals surface area contributed by atoms with Gasteiger partial charge in [-0.15, -0.1) is 0 Å². The molecule has 3 aromatic carbocycles. The van der Waals surface area contributed by atoms with Crippen LogP contribution in [0.5, 0.6) is 17.2 Å². The molecule has 2 aliphatic heterocycles. The van der Waals surface area contributed by atoms with E-state index in [0.717, 1.165) is 5.56 Å². The van der Waals surface area contributed by atoms with Crippen LogP contribution in [0, 0.1) is 12.8 Å². The Hall–Kier alpha value is -4.33. The monoisotopic (exact) mass is 624 g/mol. The average Bonchev–Trinajstić information content (AvgIpc) is 3.47. The Morgan fingerprint density at radius 2 is 1.66 bits per heavy atom. The molecule has 13 heteroatoms. The maximum atomic E-state index is 13.7. The Balaban J connectivity index is 1.38. The summed E-state index contributed by atoms with van der Waals surface area (Å²) in [6, 6.07) is 15.3. The van der Waals surface area contributed by atoms with Gasteiger partial charge in [0.25, 0.3) is 5.91 Å². The Morgan fingerprint density at radius 1 is 1.02 bits per heavy atom. The number of aliphatic hydroxyl groups is 1. The highest BCUT2D eigenvalue weighted by Gasteiger charge is 2.35. The highest BCUT2D eigenvalue weighted by atomic mass is 32.2. The number of aliphatic hydroxyl groups excluding tert-OH is 1. The Kier molecular flexibility index (Phi) is 9.00. The van der Waals surface area contributed by atoms with Crippen LogP contribution < -0.4 is 24.8 Å². The molecule has 0 unspecified atom stereocenters. The molecule has 3 atom stereocenters. The standard InChI is InChI=1S/C31H36N4O8S/c1-19-5-9-24(10-6-19)44(39,40)34(4)16-29-20(2)15-35(21(3)17-36)30(37)25-13-22(7-11-26(25)43-29)32-31(38)33-23-8-12-27-28(14-23)42-18-41-27/h5-14,20-21,29,36H,15-18H2,1-4H3,(H2,32,33,38)/t20-,21-,29+/m1/s1. The maximum Gasteiger partial charge on any atom is 0.323 e. The van der Waals surface area contributed by atoms with Gasteiger partial charge in [-0.1, -0.05) is 24.6 Å².